The van der Waals surface area contributed by atoms with Gasteiger partial charge in [-0.2, -0.15) is 4.31 Å². The zero-order chi connectivity index (χ0) is 14.0. The molecule has 1 aromatic carbocycles. The van der Waals surface area contributed by atoms with Gasteiger partial charge in [0.2, 0.25) is 10.0 Å². The van der Waals surface area contributed by atoms with E-state index in [4.69, 9.17) is 5.11 Å². The maximum atomic E-state index is 12.5. The lowest BCUT2D eigenvalue weighted by Crippen LogP contribution is -2.34. The Labute approximate surface area is 114 Å². The van der Waals surface area contributed by atoms with E-state index in [1.165, 1.54) is 4.31 Å². The van der Waals surface area contributed by atoms with Gasteiger partial charge in [-0.25, -0.2) is 8.42 Å². The number of likely N-dealkylation sites (N-methyl/N-ethyl adjacent to an activating group) is 1. The maximum absolute atomic E-state index is 12.5. The van der Waals surface area contributed by atoms with E-state index in [1.54, 1.807) is 24.3 Å². The molecule has 1 fully saturated rings. The van der Waals surface area contributed by atoms with Gasteiger partial charge in [-0.15, -0.1) is 0 Å². The number of hydrogen-bond donors (Lipinski definition) is 1. The third kappa shape index (κ3) is 2.97. The molecule has 1 unspecified atom stereocenters. The molecule has 0 radical (unpaired) electrons. The fraction of sp³-hybridized carbons (Fsp3) is 0.538. The highest BCUT2D eigenvalue weighted by molar-refractivity contribution is 7.89. The molecule has 1 saturated heterocycles. The van der Waals surface area contributed by atoms with Crippen molar-refractivity contribution in [3.05, 3.63) is 29.8 Å². The molecule has 19 heavy (non-hydrogen) atoms. The van der Waals surface area contributed by atoms with Crippen molar-refractivity contribution < 1.29 is 13.5 Å². The second kappa shape index (κ2) is 5.58. The summed E-state index contributed by atoms with van der Waals surface area (Å²) in [6.07, 6.45) is 0.853. The minimum absolute atomic E-state index is 0.149. The first-order chi connectivity index (χ1) is 8.95. The lowest BCUT2D eigenvalue weighted by atomic mass is 10.2. The van der Waals surface area contributed by atoms with Crippen LogP contribution in [0.2, 0.25) is 0 Å². The van der Waals surface area contributed by atoms with Crippen LogP contribution < -0.4 is 0 Å². The van der Waals surface area contributed by atoms with E-state index in [2.05, 4.69) is 4.90 Å². The van der Waals surface area contributed by atoms with Gasteiger partial charge in [0.1, 0.15) is 0 Å². The normalized spacial score (nSPS) is 21.2. The number of aliphatic hydroxyl groups excluding tert-OH is 1. The van der Waals surface area contributed by atoms with Crippen molar-refractivity contribution in [3.8, 4) is 0 Å². The van der Waals surface area contributed by atoms with Crippen LogP contribution in [0.25, 0.3) is 0 Å². The van der Waals surface area contributed by atoms with E-state index in [1.807, 2.05) is 14.1 Å². The Morgan fingerprint density at radius 3 is 2.74 bits per heavy atom. The number of benzene rings is 1. The molecule has 1 N–H and O–H groups in total. The zero-order valence-corrected chi connectivity index (χ0v) is 12.1. The van der Waals surface area contributed by atoms with Gasteiger partial charge in [0.15, 0.2) is 0 Å². The van der Waals surface area contributed by atoms with Crippen LogP contribution >= 0.6 is 0 Å². The number of hydrogen-bond acceptors (Lipinski definition) is 4. The average molecular weight is 284 g/mol. The highest BCUT2D eigenvalue weighted by Crippen LogP contribution is 2.23. The Kier molecular flexibility index (Phi) is 4.25. The summed E-state index contributed by atoms with van der Waals surface area (Å²) in [5, 5.41) is 9.09. The maximum Gasteiger partial charge on any atom is 0.243 e. The number of rotatable bonds is 4. The van der Waals surface area contributed by atoms with Crippen molar-refractivity contribution >= 4 is 10.0 Å². The molecule has 0 saturated carbocycles. The molecule has 1 atom stereocenters. The quantitative estimate of drug-likeness (QED) is 0.875. The molecule has 0 bridgehead atoms. The zero-order valence-electron chi connectivity index (χ0n) is 11.3. The van der Waals surface area contributed by atoms with E-state index < -0.39 is 10.0 Å². The van der Waals surface area contributed by atoms with Crippen molar-refractivity contribution in [3.63, 3.8) is 0 Å². The summed E-state index contributed by atoms with van der Waals surface area (Å²) >= 11 is 0. The van der Waals surface area contributed by atoms with E-state index in [0.717, 1.165) is 6.42 Å². The van der Waals surface area contributed by atoms with Crippen molar-refractivity contribution in [2.45, 2.75) is 24.0 Å². The van der Waals surface area contributed by atoms with Gasteiger partial charge in [-0.05, 0) is 38.2 Å². The molecule has 1 aliphatic heterocycles. The van der Waals surface area contributed by atoms with Crippen molar-refractivity contribution in [2.75, 3.05) is 27.2 Å². The van der Waals surface area contributed by atoms with Gasteiger partial charge in [-0.1, -0.05) is 12.1 Å². The molecule has 0 aliphatic carbocycles. The lowest BCUT2D eigenvalue weighted by molar-refractivity contribution is 0.281. The van der Waals surface area contributed by atoms with E-state index in [9.17, 15) is 8.42 Å². The van der Waals surface area contributed by atoms with Gasteiger partial charge < -0.3 is 10.0 Å². The van der Waals surface area contributed by atoms with E-state index in [-0.39, 0.29) is 17.5 Å². The second-order valence-electron chi connectivity index (χ2n) is 5.07. The predicted molar refractivity (Wildman–Crippen MR) is 73.2 cm³/mol. The van der Waals surface area contributed by atoms with Crippen LogP contribution in [0.4, 0.5) is 0 Å². The van der Waals surface area contributed by atoms with Crippen LogP contribution in [0.3, 0.4) is 0 Å². The fourth-order valence-corrected chi connectivity index (χ4v) is 3.87. The van der Waals surface area contributed by atoms with E-state index in [0.29, 0.717) is 18.7 Å². The first-order valence-electron chi connectivity index (χ1n) is 6.31. The van der Waals surface area contributed by atoms with Crippen LogP contribution in [0.1, 0.15) is 12.0 Å². The standard InChI is InChI=1S/C13H20N2O3S/c1-14(2)12-6-7-15(9-12)19(17,18)13-5-3-4-11(8-13)10-16/h3-5,8,12,16H,6-7,9-10H2,1-2H3. The Hall–Kier alpha value is -0.950. The van der Waals surface area contributed by atoms with Crippen LogP contribution in [0.5, 0.6) is 0 Å². The third-order valence-corrected chi connectivity index (χ3v) is 5.44. The molecular formula is C13H20N2O3S. The third-order valence-electron chi connectivity index (χ3n) is 3.58. The summed E-state index contributed by atoms with van der Waals surface area (Å²) in [5.74, 6) is 0. The second-order valence-corrected chi connectivity index (χ2v) is 7.01. The Balaban J connectivity index is 2.23. The van der Waals surface area contributed by atoms with Gasteiger partial charge in [-0.3, -0.25) is 0 Å². The van der Waals surface area contributed by atoms with E-state index >= 15 is 0 Å². The molecular weight excluding hydrogens is 264 g/mol. The lowest BCUT2D eigenvalue weighted by Gasteiger charge is -2.20. The van der Waals surface area contributed by atoms with Crippen molar-refractivity contribution in [1.82, 2.24) is 9.21 Å². The highest BCUT2D eigenvalue weighted by atomic mass is 32.2. The topological polar surface area (TPSA) is 60.9 Å². The summed E-state index contributed by atoms with van der Waals surface area (Å²) in [5.41, 5.74) is 0.615. The number of nitrogens with zero attached hydrogens (tertiary/aromatic N) is 2. The molecule has 6 heteroatoms. The average Bonchev–Trinajstić information content (AvgIpc) is 2.89. The van der Waals surface area contributed by atoms with Crippen LogP contribution in [0, 0.1) is 0 Å². The Morgan fingerprint density at radius 2 is 2.16 bits per heavy atom. The molecule has 0 aromatic heterocycles. The minimum Gasteiger partial charge on any atom is -0.392 e. The molecule has 106 valence electrons. The summed E-state index contributed by atoms with van der Waals surface area (Å²) in [6, 6.07) is 6.77. The first-order valence-corrected chi connectivity index (χ1v) is 7.75. The van der Waals surface area contributed by atoms with Crippen LogP contribution in [-0.2, 0) is 16.6 Å². The molecule has 2 rings (SSSR count). The van der Waals surface area contributed by atoms with Gasteiger partial charge >= 0.3 is 0 Å². The van der Waals surface area contributed by atoms with Gasteiger partial charge in [0.25, 0.3) is 0 Å². The smallest absolute Gasteiger partial charge is 0.243 e. The predicted octanol–water partition coefficient (Wildman–Crippen LogP) is 0.503. The fourth-order valence-electron chi connectivity index (χ4n) is 2.30. The van der Waals surface area contributed by atoms with Crippen LogP contribution in [0.15, 0.2) is 29.2 Å². The molecule has 0 spiro atoms. The summed E-state index contributed by atoms with van der Waals surface area (Å²) in [7, 11) is 0.489. The van der Waals surface area contributed by atoms with Crippen LogP contribution in [-0.4, -0.2) is 56.0 Å². The number of sulfonamides is 1. The minimum atomic E-state index is -3.44. The van der Waals surface area contributed by atoms with Gasteiger partial charge in [0.05, 0.1) is 11.5 Å². The Morgan fingerprint density at radius 1 is 1.42 bits per heavy atom. The number of aliphatic hydroxyl groups is 1. The molecule has 1 aromatic rings. The molecule has 5 nitrogen and oxygen atoms in total. The SMILES string of the molecule is CN(C)C1CCN(S(=O)(=O)c2cccc(CO)c2)C1. The van der Waals surface area contributed by atoms with Crippen molar-refractivity contribution in [1.29, 1.82) is 0 Å². The van der Waals surface area contributed by atoms with Crippen molar-refractivity contribution in [2.24, 2.45) is 0 Å². The molecule has 1 aliphatic rings. The highest BCUT2D eigenvalue weighted by Gasteiger charge is 2.33. The summed E-state index contributed by atoms with van der Waals surface area (Å²) in [4.78, 5) is 2.32. The monoisotopic (exact) mass is 284 g/mol. The molecule has 1 heterocycles. The first kappa shape index (κ1) is 14.5. The van der Waals surface area contributed by atoms with Gasteiger partial charge in [0, 0.05) is 19.1 Å². The summed E-state index contributed by atoms with van der Waals surface area (Å²) in [6.45, 7) is 0.927. The summed E-state index contributed by atoms with van der Waals surface area (Å²) < 4.78 is 26.5. The largest absolute Gasteiger partial charge is 0.392 e. The Bertz CT molecular complexity index is 543. The molecule has 0 amide bonds.